The van der Waals surface area contributed by atoms with Crippen molar-refractivity contribution in [1.82, 2.24) is 20.2 Å². The predicted octanol–water partition coefficient (Wildman–Crippen LogP) is 2.99. The molecule has 2 atom stereocenters. The molecule has 164 valence electrons. The third kappa shape index (κ3) is 5.36. The topological polar surface area (TPSA) is 68.7 Å². The number of rotatable bonds is 6. The van der Waals surface area contributed by atoms with Crippen molar-refractivity contribution in [2.75, 3.05) is 33.4 Å². The lowest BCUT2D eigenvalue weighted by Crippen LogP contribution is -2.46. The number of nitrogens with zero attached hydrogens (tertiary/aromatic N) is 3. The van der Waals surface area contributed by atoms with Crippen LogP contribution in [-0.4, -0.2) is 54.3 Å². The zero-order valence-electron chi connectivity index (χ0n) is 18.0. The molecule has 2 aromatic heterocycles. The van der Waals surface area contributed by atoms with E-state index in [2.05, 4.69) is 34.3 Å². The van der Waals surface area contributed by atoms with Gasteiger partial charge in [0.15, 0.2) is 5.75 Å². The van der Waals surface area contributed by atoms with E-state index in [9.17, 15) is 0 Å². The number of piperidine rings is 1. The summed E-state index contributed by atoms with van der Waals surface area (Å²) in [5, 5.41) is 3.71. The molecule has 0 saturated carbocycles. The van der Waals surface area contributed by atoms with E-state index in [1.807, 2.05) is 19.1 Å². The number of aryl methyl sites for hydroxylation is 1. The Hall–Kier alpha value is -2.03. The first-order chi connectivity index (χ1) is 14.1. The van der Waals surface area contributed by atoms with E-state index in [1.54, 1.807) is 7.11 Å². The van der Waals surface area contributed by atoms with Gasteiger partial charge in [-0.05, 0) is 57.0 Å². The van der Waals surface area contributed by atoms with Crippen LogP contribution in [0.4, 0.5) is 0 Å². The van der Waals surface area contributed by atoms with Gasteiger partial charge in [-0.15, -0.1) is 0 Å². The van der Waals surface area contributed by atoms with Crippen LogP contribution in [0, 0.1) is 6.92 Å². The number of aromatic nitrogens is 2. The minimum atomic E-state index is 0. The van der Waals surface area contributed by atoms with Crippen molar-refractivity contribution < 1.29 is 14.2 Å². The highest BCUT2D eigenvalue weighted by Crippen LogP contribution is 2.31. The Balaban J connectivity index is 0.00000256. The number of likely N-dealkylation sites (tertiary alicyclic amines) is 1. The molecule has 0 radical (unpaired) electrons. The van der Waals surface area contributed by atoms with Crippen molar-refractivity contribution in [1.29, 1.82) is 0 Å². The fraction of sp³-hybridized carbons (Fsp3) is 0.545. The first-order valence-corrected chi connectivity index (χ1v) is 10.4. The van der Waals surface area contributed by atoms with Crippen LogP contribution >= 0.6 is 13.5 Å². The molecular weight excluding hydrogens is 400 g/mol. The second-order valence-electron chi connectivity index (χ2n) is 7.79. The van der Waals surface area contributed by atoms with E-state index >= 15 is 0 Å². The average molecular weight is 433 g/mol. The Morgan fingerprint density at radius 3 is 2.90 bits per heavy atom. The molecular formula is C22H32N4O3S. The summed E-state index contributed by atoms with van der Waals surface area (Å²) in [5.41, 5.74) is 3.21. The van der Waals surface area contributed by atoms with Crippen LogP contribution in [0.1, 0.15) is 42.8 Å². The molecule has 1 N–H and O–H groups in total. The number of fused-ring (bicyclic) bond motifs is 1. The lowest BCUT2D eigenvalue weighted by Gasteiger charge is -2.37. The summed E-state index contributed by atoms with van der Waals surface area (Å²) < 4.78 is 16.5. The first-order valence-electron chi connectivity index (χ1n) is 10.4. The molecule has 2 aromatic rings. The van der Waals surface area contributed by atoms with E-state index in [4.69, 9.17) is 19.2 Å². The molecule has 1 saturated heterocycles. The molecule has 2 aliphatic rings. The lowest BCUT2D eigenvalue weighted by atomic mass is 10.0. The SMILES string of the molecule is COc1cc(CN[C@H]2CCCN(C(C)c3ccc4c(n3)OCCO4)C2)cc(C)n1.S. The van der Waals surface area contributed by atoms with Crippen molar-refractivity contribution >= 4 is 13.5 Å². The van der Waals surface area contributed by atoms with Gasteiger partial charge >= 0.3 is 0 Å². The predicted molar refractivity (Wildman–Crippen MR) is 121 cm³/mol. The second-order valence-corrected chi connectivity index (χ2v) is 7.79. The number of hydrogen-bond donors (Lipinski definition) is 1. The van der Waals surface area contributed by atoms with Gasteiger partial charge < -0.3 is 19.5 Å². The third-order valence-electron chi connectivity index (χ3n) is 5.65. The third-order valence-corrected chi connectivity index (χ3v) is 5.65. The van der Waals surface area contributed by atoms with Gasteiger partial charge in [-0.3, -0.25) is 4.90 Å². The summed E-state index contributed by atoms with van der Waals surface area (Å²) in [6, 6.07) is 8.83. The van der Waals surface area contributed by atoms with Gasteiger partial charge in [-0.2, -0.15) is 13.5 Å². The van der Waals surface area contributed by atoms with Crippen LogP contribution in [0.2, 0.25) is 0 Å². The van der Waals surface area contributed by atoms with Crippen molar-refractivity contribution in [2.45, 2.75) is 45.3 Å². The summed E-state index contributed by atoms with van der Waals surface area (Å²) in [6.07, 6.45) is 2.35. The number of nitrogens with one attached hydrogen (secondary N) is 1. The molecule has 2 aliphatic heterocycles. The highest BCUT2D eigenvalue weighted by Gasteiger charge is 2.26. The maximum absolute atomic E-state index is 5.66. The van der Waals surface area contributed by atoms with Crippen LogP contribution < -0.4 is 19.5 Å². The Bertz CT molecular complexity index is 851. The number of ether oxygens (including phenoxy) is 3. The molecule has 0 amide bonds. The van der Waals surface area contributed by atoms with Gasteiger partial charge in [0.2, 0.25) is 5.88 Å². The van der Waals surface area contributed by atoms with E-state index in [-0.39, 0.29) is 19.5 Å². The molecule has 1 unspecified atom stereocenters. The quantitative estimate of drug-likeness (QED) is 0.753. The van der Waals surface area contributed by atoms with E-state index < -0.39 is 0 Å². The van der Waals surface area contributed by atoms with Crippen LogP contribution in [0.25, 0.3) is 0 Å². The molecule has 4 rings (SSSR count). The monoisotopic (exact) mass is 432 g/mol. The first kappa shape index (κ1) is 22.7. The molecule has 0 aliphatic carbocycles. The van der Waals surface area contributed by atoms with Gasteiger partial charge in [-0.25, -0.2) is 9.97 Å². The van der Waals surface area contributed by atoms with Gasteiger partial charge in [0.25, 0.3) is 5.88 Å². The summed E-state index contributed by atoms with van der Waals surface area (Å²) in [7, 11) is 1.66. The highest BCUT2D eigenvalue weighted by molar-refractivity contribution is 7.59. The van der Waals surface area contributed by atoms with Crippen molar-refractivity contribution in [3.8, 4) is 17.5 Å². The van der Waals surface area contributed by atoms with Crippen molar-refractivity contribution in [3.05, 3.63) is 41.2 Å². The van der Waals surface area contributed by atoms with E-state index in [1.165, 1.54) is 18.4 Å². The molecule has 8 heteroatoms. The smallest absolute Gasteiger partial charge is 0.257 e. The molecule has 0 bridgehead atoms. The standard InChI is InChI=1S/C22H30N4O3.H2S/c1-15-11-17(12-21(24-15)27-3)13-23-18-5-4-8-26(14-18)16(2)19-6-7-20-22(25-19)29-10-9-28-20;/h6-7,11-12,16,18,23H,4-5,8-10,13-14H2,1-3H3;1H2/t16?,18-;/m0./s1. The van der Waals surface area contributed by atoms with Gasteiger partial charge in [-0.1, -0.05) is 0 Å². The van der Waals surface area contributed by atoms with Crippen LogP contribution in [0.3, 0.4) is 0 Å². The minimum Gasteiger partial charge on any atom is -0.484 e. The van der Waals surface area contributed by atoms with Gasteiger partial charge in [0.1, 0.15) is 13.2 Å². The van der Waals surface area contributed by atoms with Crippen LogP contribution in [-0.2, 0) is 6.54 Å². The molecule has 0 spiro atoms. The van der Waals surface area contributed by atoms with Crippen molar-refractivity contribution in [2.24, 2.45) is 0 Å². The summed E-state index contributed by atoms with van der Waals surface area (Å²) in [5.74, 6) is 2.04. The molecule has 7 nitrogen and oxygen atoms in total. The van der Waals surface area contributed by atoms with Gasteiger partial charge in [0.05, 0.1) is 12.8 Å². The zero-order chi connectivity index (χ0) is 20.2. The molecule has 1 fully saturated rings. The molecule has 0 aromatic carbocycles. The summed E-state index contributed by atoms with van der Waals surface area (Å²) in [6.45, 7) is 8.26. The Kier molecular flexibility index (Phi) is 7.80. The maximum Gasteiger partial charge on any atom is 0.257 e. The maximum atomic E-state index is 5.66. The average Bonchev–Trinajstić information content (AvgIpc) is 2.76. The fourth-order valence-electron chi connectivity index (χ4n) is 4.07. The fourth-order valence-corrected chi connectivity index (χ4v) is 4.07. The van der Waals surface area contributed by atoms with Crippen molar-refractivity contribution in [3.63, 3.8) is 0 Å². The Morgan fingerprint density at radius 1 is 1.23 bits per heavy atom. The number of hydrogen-bond acceptors (Lipinski definition) is 7. The van der Waals surface area contributed by atoms with E-state index in [0.717, 1.165) is 36.8 Å². The number of pyridine rings is 2. The Morgan fingerprint density at radius 2 is 2.07 bits per heavy atom. The number of methoxy groups -OCH3 is 1. The Labute approximate surface area is 185 Å². The highest BCUT2D eigenvalue weighted by atomic mass is 32.1. The zero-order valence-corrected chi connectivity index (χ0v) is 19.0. The molecule has 30 heavy (non-hydrogen) atoms. The van der Waals surface area contributed by atoms with Crippen LogP contribution in [0.15, 0.2) is 24.3 Å². The van der Waals surface area contributed by atoms with Crippen LogP contribution in [0.5, 0.6) is 17.5 Å². The van der Waals surface area contributed by atoms with E-state index in [0.29, 0.717) is 31.0 Å². The van der Waals surface area contributed by atoms with Gasteiger partial charge in [0, 0.05) is 36.9 Å². The largest absolute Gasteiger partial charge is 0.484 e. The summed E-state index contributed by atoms with van der Waals surface area (Å²) in [4.78, 5) is 11.6. The minimum absolute atomic E-state index is 0. The second kappa shape index (κ2) is 10.3. The summed E-state index contributed by atoms with van der Waals surface area (Å²) >= 11 is 0. The molecule has 4 heterocycles. The normalized spacial score (nSPS) is 19.6. The lowest BCUT2D eigenvalue weighted by molar-refractivity contribution is 0.138.